The smallest absolute Gasteiger partial charge is 0.251 e. The summed E-state index contributed by atoms with van der Waals surface area (Å²) in [5.41, 5.74) is 4.58. The molecule has 1 aromatic heterocycles. The number of piperidine rings is 1. The molecule has 0 spiro atoms. The number of benzene rings is 3. The van der Waals surface area contributed by atoms with Crippen LogP contribution in [0.2, 0.25) is 0 Å². The van der Waals surface area contributed by atoms with Crippen molar-refractivity contribution in [3.05, 3.63) is 83.9 Å². The average Bonchev–Trinajstić information content (AvgIpc) is 3.60. The minimum Gasteiger partial charge on any atom is -0.490 e. The van der Waals surface area contributed by atoms with E-state index in [4.69, 9.17) is 4.74 Å². The van der Waals surface area contributed by atoms with Crippen LogP contribution in [0.5, 0.6) is 5.75 Å². The maximum absolute atomic E-state index is 13.3. The van der Waals surface area contributed by atoms with E-state index in [1.165, 1.54) is 18.4 Å². The van der Waals surface area contributed by atoms with Gasteiger partial charge in [-0.25, -0.2) is 0 Å². The summed E-state index contributed by atoms with van der Waals surface area (Å²) < 4.78 is 6.32. The highest BCUT2D eigenvalue weighted by atomic mass is 16.5. The Balaban J connectivity index is 1.09. The molecule has 2 saturated heterocycles. The van der Waals surface area contributed by atoms with Gasteiger partial charge in [0.05, 0.1) is 17.3 Å². The van der Waals surface area contributed by atoms with Crippen LogP contribution >= 0.6 is 0 Å². The molecule has 7 rings (SSSR count). The van der Waals surface area contributed by atoms with E-state index in [1.807, 2.05) is 48.5 Å². The molecule has 3 heterocycles. The second-order valence-corrected chi connectivity index (χ2v) is 10.9. The maximum Gasteiger partial charge on any atom is 0.251 e. The van der Waals surface area contributed by atoms with Gasteiger partial charge in [-0.2, -0.15) is 5.10 Å². The second kappa shape index (κ2) is 9.34. The van der Waals surface area contributed by atoms with Crippen LogP contribution in [0.1, 0.15) is 60.5 Å². The number of nitrogens with zero attached hydrogens (tertiary/aromatic N) is 1. The Morgan fingerprint density at radius 1 is 0.919 bits per heavy atom. The first-order valence-electron chi connectivity index (χ1n) is 13.6. The van der Waals surface area contributed by atoms with Gasteiger partial charge in [-0.05, 0) is 92.5 Å². The highest BCUT2D eigenvalue weighted by Gasteiger charge is 2.35. The summed E-state index contributed by atoms with van der Waals surface area (Å²) >= 11 is 0. The van der Waals surface area contributed by atoms with Crippen molar-refractivity contribution in [1.29, 1.82) is 0 Å². The van der Waals surface area contributed by atoms with E-state index in [-0.39, 0.29) is 18.1 Å². The number of aromatic nitrogens is 2. The molecule has 2 bridgehead atoms. The summed E-state index contributed by atoms with van der Waals surface area (Å²) in [6.07, 6.45) is 7.30. The van der Waals surface area contributed by atoms with E-state index in [0.29, 0.717) is 23.6 Å². The average molecular weight is 493 g/mol. The number of rotatable bonds is 7. The monoisotopic (exact) mass is 492 g/mol. The van der Waals surface area contributed by atoms with E-state index < -0.39 is 0 Å². The molecule has 2 unspecified atom stereocenters. The molecule has 4 atom stereocenters. The first kappa shape index (κ1) is 22.5. The molecule has 1 amide bonds. The van der Waals surface area contributed by atoms with Crippen LogP contribution in [0.25, 0.3) is 22.2 Å². The van der Waals surface area contributed by atoms with E-state index in [9.17, 15) is 4.79 Å². The summed E-state index contributed by atoms with van der Waals surface area (Å²) in [5, 5.41) is 15.6. The molecule has 6 heteroatoms. The van der Waals surface area contributed by atoms with Crippen molar-refractivity contribution in [2.75, 3.05) is 0 Å². The fraction of sp³-hybridized carbons (Fsp3) is 0.355. The van der Waals surface area contributed by atoms with Gasteiger partial charge in [-0.15, -0.1) is 0 Å². The number of hydrogen-bond donors (Lipinski definition) is 3. The minimum atomic E-state index is -0.0468. The molecule has 1 saturated carbocycles. The number of fused-ring (bicyclic) bond motifs is 3. The summed E-state index contributed by atoms with van der Waals surface area (Å²) in [7, 11) is 0. The summed E-state index contributed by atoms with van der Waals surface area (Å²) in [5.74, 6) is 1.37. The summed E-state index contributed by atoms with van der Waals surface area (Å²) in [6, 6.07) is 25.5. The van der Waals surface area contributed by atoms with Crippen molar-refractivity contribution in [2.45, 2.75) is 62.8 Å². The maximum atomic E-state index is 13.3. The predicted molar refractivity (Wildman–Crippen MR) is 144 cm³/mol. The van der Waals surface area contributed by atoms with E-state index in [0.717, 1.165) is 53.6 Å². The Labute approximate surface area is 216 Å². The summed E-state index contributed by atoms with van der Waals surface area (Å²) in [4.78, 5) is 13.3. The van der Waals surface area contributed by atoms with Gasteiger partial charge in [0, 0.05) is 28.6 Å². The van der Waals surface area contributed by atoms with Gasteiger partial charge < -0.3 is 15.4 Å². The number of amides is 1. The molecular formula is C31H32N4O2. The van der Waals surface area contributed by atoms with Gasteiger partial charge in [0.2, 0.25) is 0 Å². The molecule has 37 heavy (non-hydrogen) atoms. The van der Waals surface area contributed by atoms with Gasteiger partial charge in [0.15, 0.2) is 0 Å². The molecule has 3 aromatic carbocycles. The highest BCUT2D eigenvalue weighted by molar-refractivity contribution is 6.01. The zero-order valence-electron chi connectivity index (χ0n) is 20.8. The lowest BCUT2D eigenvalue weighted by Crippen LogP contribution is -2.42. The standard InChI is InChI=1S/C31H32N4O2/c36-31(33-29(20-6-7-20)19-4-2-1-3-5-19)22-10-15-28-27(16-22)30(35-34-28)21-8-13-25(14-9-21)37-26-17-23-11-12-24(18-26)32-23/h1-5,8-10,13-16,20,23-24,26,29,32H,6-7,11-12,17-18H2,(H,33,36)(H,34,35)/t23-,24+,26?,29?. The van der Waals surface area contributed by atoms with Crippen LogP contribution in [0.15, 0.2) is 72.8 Å². The highest BCUT2D eigenvalue weighted by Crippen LogP contribution is 2.41. The fourth-order valence-corrected chi connectivity index (χ4v) is 6.15. The van der Waals surface area contributed by atoms with Crippen molar-refractivity contribution >= 4 is 16.8 Å². The number of H-pyrrole nitrogens is 1. The third kappa shape index (κ3) is 4.62. The molecular weight excluding hydrogens is 460 g/mol. The molecule has 3 fully saturated rings. The number of hydrogen-bond acceptors (Lipinski definition) is 4. The van der Waals surface area contributed by atoms with Crippen LogP contribution in [0.4, 0.5) is 0 Å². The third-order valence-electron chi connectivity index (χ3n) is 8.22. The number of ether oxygens (including phenoxy) is 1. The Hall–Kier alpha value is -3.64. The van der Waals surface area contributed by atoms with Crippen molar-refractivity contribution in [1.82, 2.24) is 20.8 Å². The zero-order valence-corrected chi connectivity index (χ0v) is 20.8. The van der Waals surface area contributed by atoms with Gasteiger partial charge >= 0.3 is 0 Å². The van der Waals surface area contributed by atoms with Crippen molar-refractivity contribution in [3.63, 3.8) is 0 Å². The second-order valence-electron chi connectivity index (χ2n) is 10.9. The lowest BCUT2D eigenvalue weighted by molar-refractivity contribution is 0.0931. The molecule has 0 radical (unpaired) electrons. The largest absolute Gasteiger partial charge is 0.490 e. The molecule has 3 N–H and O–H groups in total. The fourth-order valence-electron chi connectivity index (χ4n) is 6.15. The summed E-state index contributed by atoms with van der Waals surface area (Å²) in [6.45, 7) is 0. The first-order valence-corrected chi connectivity index (χ1v) is 13.6. The number of nitrogens with one attached hydrogen (secondary N) is 3. The topological polar surface area (TPSA) is 79.0 Å². The molecule has 2 aliphatic heterocycles. The van der Waals surface area contributed by atoms with Gasteiger partial charge in [0.25, 0.3) is 5.91 Å². The van der Waals surface area contributed by atoms with E-state index in [2.05, 4.69) is 45.1 Å². The third-order valence-corrected chi connectivity index (χ3v) is 8.22. The van der Waals surface area contributed by atoms with Gasteiger partial charge in [0.1, 0.15) is 11.9 Å². The van der Waals surface area contributed by atoms with Crippen molar-refractivity contribution < 1.29 is 9.53 Å². The minimum absolute atomic E-state index is 0.0468. The van der Waals surface area contributed by atoms with Crippen LogP contribution < -0.4 is 15.4 Å². The van der Waals surface area contributed by atoms with Crippen LogP contribution in [-0.4, -0.2) is 34.3 Å². The van der Waals surface area contributed by atoms with E-state index >= 15 is 0 Å². The number of carbonyl (C=O) groups excluding carboxylic acids is 1. The lowest BCUT2D eigenvalue weighted by atomic mass is 10.0. The Morgan fingerprint density at radius 3 is 2.41 bits per heavy atom. The molecule has 6 nitrogen and oxygen atoms in total. The Morgan fingerprint density at radius 2 is 1.68 bits per heavy atom. The number of carbonyl (C=O) groups is 1. The predicted octanol–water partition coefficient (Wildman–Crippen LogP) is 5.77. The van der Waals surface area contributed by atoms with Crippen molar-refractivity contribution in [3.8, 4) is 17.0 Å². The first-order chi connectivity index (χ1) is 18.2. The molecule has 3 aliphatic rings. The van der Waals surface area contributed by atoms with Gasteiger partial charge in [-0.1, -0.05) is 30.3 Å². The van der Waals surface area contributed by atoms with Crippen LogP contribution in [0.3, 0.4) is 0 Å². The lowest BCUT2D eigenvalue weighted by Gasteiger charge is -2.29. The molecule has 4 aromatic rings. The van der Waals surface area contributed by atoms with Crippen molar-refractivity contribution in [2.24, 2.45) is 5.92 Å². The van der Waals surface area contributed by atoms with E-state index in [1.54, 1.807) is 0 Å². The normalized spacial score (nSPS) is 23.6. The number of aromatic amines is 1. The molecule has 1 aliphatic carbocycles. The van der Waals surface area contributed by atoms with Crippen LogP contribution in [-0.2, 0) is 0 Å². The van der Waals surface area contributed by atoms with Gasteiger partial charge in [-0.3, -0.25) is 9.89 Å². The zero-order chi connectivity index (χ0) is 24.8. The Kier molecular flexibility index (Phi) is 5.69. The van der Waals surface area contributed by atoms with Crippen LogP contribution in [0, 0.1) is 5.92 Å². The Bertz CT molecular complexity index is 1400. The SMILES string of the molecule is O=C(NC(c1ccccc1)C1CC1)c1ccc2[nH]nc(-c3ccc(OC4C[C@H]5CC[C@@H](C4)N5)cc3)c2c1. The molecule has 188 valence electrons. The quantitative estimate of drug-likeness (QED) is 0.306.